The number of nitrogens with two attached hydrogens (primary N) is 1. The Labute approximate surface area is 223 Å². The maximum absolute atomic E-state index is 16.8. The molecule has 0 amide bonds. The van der Waals surface area contributed by atoms with E-state index < -0.39 is 17.7 Å². The summed E-state index contributed by atoms with van der Waals surface area (Å²) in [6.07, 6.45) is 2.94. The second-order valence-electron chi connectivity index (χ2n) is 9.82. The molecule has 2 aromatic heterocycles. The minimum absolute atomic E-state index is 0.0401. The van der Waals surface area contributed by atoms with Crippen LogP contribution in [-0.4, -0.2) is 34.3 Å². The molecule has 0 aliphatic carbocycles. The van der Waals surface area contributed by atoms with E-state index in [2.05, 4.69) is 16.0 Å². The Bertz CT molecular complexity index is 1550. The molecular formula is C28H29F2N5O2S. The summed E-state index contributed by atoms with van der Waals surface area (Å²) in [5, 5.41) is 21.0. The third-order valence-electron chi connectivity index (χ3n) is 7.52. The number of aromatic nitrogens is 2. The van der Waals surface area contributed by atoms with Crippen LogP contribution in [0.5, 0.6) is 0 Å². The maximum Gasteiger partial charge on any atom is 0.226 e. The van der Waals surface area contributed by atoms with Crippen LogP contribution in [0.25, 0.3) is 22.3 Å². The quantitative estimate of drug-likeness (QED) is 0.430. The number of halogens is 2. The number of allylic oxidation sites excluding steroid dienone is 2. The van der Waals surface area contributed by atoms with Crippen molar-refractivity contribution in [3.63, 3.8) is 0 Å². The highest BCUT2D eigenvalue weighted by Crippen LogP contribution is 2.47. The van der Waals surface area contributed by atoms with Crippen LogP contribution in [0.3, 0.4) is 0 Å². The van der Waals surface area contributed by atoms with Crippen LogP contribution in [-0.2, 0) is 18.0 Å². The molecule has 7 nitrogen and oxygen atoms in total. The van der Waals surface area contributed by atoms with Gasteiger partial charge in [-0.15, -0.1) is 11.3 Å². The molecule has 38 heavy (non-hydrogen) atoms. The number of nitriles is 1. The zero-order valence-electron chi connectivity index (χ0n) is 21.7. The SMILES string of the molecule is C/C=C(/F)c1sc(N)c(C#N)c1C(=C(C)CC)c1c2c(c3cnc(N4CC(C)C(O)C4)nc3c1F)COC2. The lowest BCUT2D eigenvalue weighted by molar-refractivity contribution is 0.134. The number of rotatable bonds is 5. The summed E-state index contributed by atoms with van der Waals surface area (Å²) in [5.41, 5.74) is 9.60. The predicted octanol–water partition coefficient (Wildman–Crippen LogP) is 5.69. The van der Waals surface area contributed by atoms with Crippen LogP contribution < -0.4 is 10.6 Å². The Morgan fingerprint density at radius 1 is 1.34 bits per heavy atom. The molecule has 10 heteroatoms. The first kappa shape index (κ1) is 26.2. The van der Waals surface area contributed by atoms with E-state index >= 15 is 8.78 Å². The second-order valence-corrected chi connectivity index (χ2v) is 10.9. The van der Waals surface area contributed by atoms with E-state index in [1.165, 1.54) is 6.08 Å². The van der Waals surface area contributed by atoms with Gasteiger partial charge in [-0.2, -0.15) is 5.26 Å². The number of anilines is 2. The number of β-amino-alcohol motifs (C(OH)–C–C–N with tert-alkyl or cyclic N) is 1. The molecule has 0 bridgehead atoms. The predicted molar refractivity (Wildman–Crippen MR) is 146 cm³/mol. The first-order valence-electron chi connectivity index (χ1n) is 12.6. The summed E-state index contributed by atoms with van der Waals surface area (Å²) in [4.78, 5) is 11.2. The van der Waals surface area contributed by atoms with Crippen LogP contribution in [0.1, 0.15) is 66.8 Å². The number of nitrogen functional groups attached to an aromatic ring is 1. The van der Waals surface area contributed by atoms with Gasteiger partial charge in [-0.1, -0.05) is 25.5 Å². The molecule has 3 N–H and O–H groups in total. The Balaban J connectivity index is 1.83. The van der Waals surface area contributed by atoms with Crippen molar-refractivity contribution in [2.24, 2.45) is 5.92 Å². The fourth-order valence-electron chi connectivity index (χ4n) is 5.26. The van der Waals surface area contributed by atoms with Crippen molar-refractivity contribution in [1.82, 2.24) is 9.97 Å². The van der Waals surface area contributed by atoms with Gasteiger partial charge in [-0.3, -0.25) is 0 Å². The van der Waals surface area contributed by atoms with E-state index in [-0.39, 0.29) is 45.7 Å². The molecule has 0 saturated carbocycles. The first-order valence-corrected chi connectivity index (χ1v) is 13.4. The topological polar surface area (TPSA) is 108 Å². The molecular weight excluding hydrogens is 508 g/mol. The number of hydrogen-bond donors (Lipinski definition) is 2. The van der Waals surface area contributed by atoms with Crippen molar-refractivity contribution in [3.8, 4) is 6.07 Å². The van der Waals surface area contributed by atoms with Gasteiger partial charge in [0.2, 0.25) is 5.95 Å². The van der Waals surface area contributed by atoms with Gasteiger partial charge in [0.25, 0.3) is 0 Å². The average Bonchev–Trinajstić information content (AvgIpc) is 3.62. The van der Waals surface area contributed by atoms with Crippen molar-refractivity contribution in [2.45, 2.75) is 53.4 Å². The zero-order chi connectivity index (χ0) is 27.3. The summed E-state index contributed by atoms with van der Waals surface area (Å²) in [5.74, 6) is -0.734. The van der Waals surface area contributed by atoms with Crippen LogP contribution >= 0.6 is 11.3 Å². The van der Waals surface area contributed by atoms with Crippen molar-refractivity contribution < 1.29 is 18.6 Å². The van der Waals surface area contributed by atoms with Crippen LogP contribution in [0.15, 0.2) is 17.8 Å². The van der Waals surface area contributed by atoms with Crippen molar-refractivity contribution in [1.29, 1.82) is 5.26 Å². The third kappa shape index (κ3) is 4.06. The lowest BCUT2D eigenvalue weighted by Crippen LogP contribution is -2.23. The molecule has 1 saturated heterocycles. The van der Waals surface area contributed by atoms with E-state index in [1.54, 1.807) is 13.1 Å². The number of aliphatic hydroxyl groups excluding tert-OH is 1. The molecule has 2 atom stereocenters. The summed E-state index contributed by atoms with van der Waals surface area (Å²) >= 11 is 0.980. The number of nitrogens with zero attached hydrogens (tertiary/aromatic N) is 4. The highest BCUT2D eigenvalue weighted by atomic mass is 32.1. The minimum atomic E-state index is -0.580. The van der Waals surface area contributed by atoms with E-state index in [0.29, 0.717) is 47.5 Å². The largest absolute Gasteiger partial charge is 0.391 e. The standard InChI is InChI=1S/C28H29F2N5O2S/c1-5-13(3)21(23-15(7-31)27(32)38-26(23)19(29)6-2)22-18-12-37-11-17(18)16-8-33-28(34-25(16)24(22)30)35-9-14(4)20(36)10-35/h6,8,14,20,36H,5,9-12,32H2,1-4H3/b19-6+,21-13?. The van der Waals surface area contributed by atoms with E-state index in [4.69, 9.17) is 10.5 Å². The van der Waals surface area contributed by atoms with Crippen molar-refractivity contribution >= 4 is 44.6 Å². The van der Waals surface area contributed by atoms with Gasteiger partial charge >= 0.3 is 0 Å². The van der Waals surface area contributed by atoms with E-state index in [0.717, 1.165) is 22.5 Å². The fourth-order valence-corrected chi connectivity index (χ4v) is 6.25. The Morgan fingerprint density at radius 3 is 2.71 bits per heavy atom. The number of fused-ring (bicyclic) bond motifs is 3. The van der Waals surface area contributed by atoms with Gasteiger partial charge in [0, 0.05) is 41.7 Å². The van der Waals surface area contributed by atoms with Crippen molar-refractivity contribution in [3.05, 3.63) is 56.4 Å². The van der Waals surface area contributed by atoms with E-state index in [9.17, 15) is 10.4 Å². The molecule has 1 aromatic carbocycles. The van der Waals surface area contributed by atoms with Gasteiger partial charge in [-0.25, -0.2) is 18.7 Å². The number of aliphatic hydroxyl groups is 1. The summed E-state index contributed by atoms with van der Waals surface area (Å²) in [6.45, 7) is 8.63. The first-order chi connectivity index (χ1) is 18.2. The smallest absolute Gasteiger partial charge is 0.226 e. The van der Waals surface area contributed by atoms with Crippen LogP contribution in [0.4, 0.5) is 19.7 Å². The Hall–Kier alpha value is -3.39. The molecule has 0 radical (unpaired) electrons. The lowest BCUT2D eigenvalue weighted by Gasteiger charge is -2.20. The van der Waals surface area contributed by atoms with Gasteiger partial charge in [-0.05, 0) is 37.0 Å². The molecule has 2 aliphatic heterocycles. The summed E-state index contributed by atoms with van der Waals surface area (Å²) < 4.78 is 37.7. The Morgan fingerprint density at radius 2 is 2.08 bits per heavy atom. The number of thiophene rings is 1. The van der Waals surface area contributed by atoms with Gasteiger partial charge in [0.05, 0.1) is 29.8 Å². The number of ether oxygens (including phenoxy) is 1. The molecule has 0 spiro atoms. The lowest BCUT2D eigenvalue weighted by atomic mass is 9.85. The second kappa shape index (κ2) is 10.1. The number of benzene rings is 1. The Kier molecular flexibility index (Phi) is 6.94. The zero-order valence-corrected chi connectivity index (χ0v) is 22.5. The highest BCUT2D eigenvalue weighted by molar-refractivity contribution is 7.17. The third-order valence-corrected chi connectivity index (χ3v) is 8.54. The number of hydrogen-bond acceptors (Lipinski definition) is 8. The van der Waals surface area contributed by atoms with Gasteiger partial charge in [0.15, 0.2) is 5.82 Å². The molecule has 2 unspecified atom stereocenters. The molecule has 5 rings (SSSR count). The maximum atomic E-state index is 16.8. The molecule has 4 heterocycles. The van der Waals surface area contributed by atoms with Crippen LogP contribution in [0.2, 0.25) is 0 Å². The van der Waals surface area contributed by atoms with Crippen LogP contribution in [0, 0.1) is 23.1 Å². The summed E-state index contributed by atoms with van der Waals surface area (Å²) in [6, 6.07) is 2.12. The molecule has 2 aliphatic rings. The fraction of sp³-hybridized carbons (Fsp3) is 0.393. The van der Waals surface area contributed by atoms with Gasteiger partial charge < -0.3 is 20.5 Å². The average molecular weight is 538 g/mol. The van der Waals surface area contributed by atoms with Crippen molar-refractivity contribution in [2.75, 3.05) is 23.7 Å². The molecule has 3 aromatic rings. The summed E-state index contributed by atoms with van der Waals surface area (Å²) in [7, 11) is 0. The van der Waals surface area contributed by atoms with E-state index in [1.807, 2.05) is 25.7 Å². The van der Waals surface area contributed by atoms with Gasteiger partial charge in [0.1, 0.15) is 22.4 Å². The monoisotopic (exact) mass is 537 g/mol. The molecule has 198 valence electrons. The molecule has 1 fully saturated rings. The normalized spacial score (nSPS) is 20.2. The highest BCUT2D eigenvalue weighted by Gasteiger charge is 2.34. The minimum Gasteiger partial charge on any atom is -0.391 e.